The van der Waals surface area contributed by atoms with Crippen molar-refractivity contribution >= 4 is 22.8 Å². The summed E-state index contributed by atoms with van der Waals surface area (Å²) in [6.45, 7) is 1.39. The van der Waals surface area contributed by atoms with Gasteiger partial charge in [0.15, 0.2) is 5.65 Å². The molecule has 1 N–H and O–H groups in total. The van der Waals surface area contributed by atoms with Gasteiger partial charge in [-0.05, 0) is 47.9 Å². The zero-order valence-electron chi connectivity index (χ0n) is 23.3. The van der Waals surface area contributed by atoms with Crippen molar-refractivity contribution in [2.24, 2.45) is 0 Å². The Morgan fingerprint density at radius 3 is 2.60 bits per heavy atom. The van der Waals surface area contributed by atoms with Crippen LogP contribution in [0.3, 0.4) is 0 Å². The van der Waals surface area contributed by atoms with Crippen LogP contribution in [0.5, 0.6) is 5.88 Å². The lowest BCUT2D eigenvalue weighted by atomic mass is 10.0. The molecule has 2 aliphatic rings. The van der Waals surface area contributed by atoms with Gasteiger partial charge in [0.1, 0.15) is 35.1 Å². The maximum Gasteiger partial charge on any atom is 0.421 e. The second-order valence-corrected chi connectivity index (χ2v) is 11.2. The van der Waals surface area contributed by atoms with Crippen LogP contribution in [0.15, 0.2) is 30.5 Å². The molecule has 0 amide bonds. The molecule has 4 aromatic heterocycles. The fourth-order valence-corrected chi connectivity index (χ4v) is 5.60. The number of nitrogens with one attached hydrogen (secondary N) is 1. The lowest BCUT2D eigenvalue weighted by molar-refractivity contribution is -0.139. The first kappa shape index (κ1) is 29.4. The van der Waals surface area contributed by atoms with E-state index in [9.17, 15) is 22.0 Å². The van der Waals surface area contributed by atoms with Crippen molar-refractivity contribution in [3.05, 3.63) is 75.3 Å². The maximum atomic E-state index is 14.3. The summed E-state index contributed by atoms with van der Waals surface area (Å²) in [5, 5.41) is 13.8. The maximum absolute atomic E-state index is 14.3. The third-order valence-corrected chi connectivity index (χ3v) is 8.02. The van der Waals surface area contributed by atoms with E-state index in [1.54, 1.807) is 6.20 Å². The minimum atomic E-state index is -4.80. The summed E-state index contributed by atoms with van der Waals surface area (Å²) in [6, 6.07) is 4.53. The number of tetrazole rings is 1. The molecule has 2 aliphatic heterocycles. The topological polar surface area (TPSA) is 120 Å². The van der Waals surface area contributed by atoms with Gasteiger partial charge in [-0.3, -0.25) is 4.90 Å². The molecule has 5 aromatic rings. The minimum absolute atomic E-state index is 0.0133. The average Bonchev–Trinajstić information content (AvgIpc) is 3.61. The fourth-order valence-electron chi connectivity index (χ4n) is 5.40. The summed E-state index contributed by atoms with van der Waals surface area (Å²) in [5.74, 6) is -1.76. The molecular formula is C28H23ClF5N9O2. The lowest BCUT2D eigenvalue weighted by Gasteiger charge is -2.30. The predicted molar refractivity (Wildman–Crippen MR) is 148 cm³/mol. The van der Waals surface area contributed by atoms with Crippen LogP contribution in [0, 0.1) is 11.6 Å². The van der Waals surface area contributed by atoms with Gasteiger partial charge in [0.2, 0.25) is 11.7 Å². The molecular weight excluding hydrogens is 625 g/mol. The number of ether oxygens (including phenoxy) is 2. The van der Waals surface area contributed by atoms with Crippen LogP contribution >= 0.6 is 11.6 Å². The minimum Gasteiger partial charge on any atom is -0.472 e. The van der Waals surface area contributed by atoms with E-state index in [-0.39, 0.29) is 17.7 Å². The highest BCUT2D eigenvalue weighted by Crippen LogP contribution is 2.38. The van der Waals surface area contributed by atoms with Gasteiger partial charge in [-0.2, -0.15) is 18.4 Å². The van der Waals surface area contributed by atoms with Crippen molar-refractivity contribution in [1.29, 1.82) is 0 Å². The Hall–Kier alpha value is -4.28. The number of nitrogens with zero attached hydrogens (tertiary/aromatic N) is 8. The van der Waals surface area contributed by atoms with E-state index < -0.39 is 41.4 Å². The van der Waals surface area contributed by atoms with Crippen molar-refractivity contribution in [1.82, 2.24) is 45.0 Å². The Morgan fingerprint density at radius 2 is 1.91 bits per heavy atom. The molecule has 234 valence electrons. The van der Waals surface area contributed by atoms with Gasteiger partial charge in [-0.15, -0.1) is 10.2 Å². The zero-order chi connectivity index (χ0) is 31.3. The average molecular weight is 648 g/mol. The predicted octanol–water partition coefficient (Wildman–Crippen LogP) is 4.88. The molecule has 0 saturated carbocycles. The van der Waals surface area contributed by atoms with Crippen molar-refractivity contribution in [2.45, 2.75) is 51.4 Å². The number of aromatic amines is 1. The second-order valence-electron chi connectivity index (χ2n) is 10.8. The van der Waals surface area contributed by atoms with E-state index in [4.69, 9.17) is 26.1 Å². The first-order valence-corrected chi connectivity index (χ1v) is 14.3. The summed E-state index contributed by atoms with van der Waals surface area (Å²) >= 11 is 5.66. The van der Waals surface area contributed by atoms with E-state index >= 15 is 0 Å². The number of alkyl halides is 3. The Kier molecular flexibility index (Phi) is 7.57. The number of rotatable bonds is 8. The molecule has 1 atom stereocenters. The SMILES string of the molecule is Fc1cc(Cl)cc(F)c1COc1nc2c(cc1C(F)(F)F)CCN(Cc1nc3cc(-c4nn[nH]n4)cnc3n1C[C@@H]1CCO1)C2. The molecule has 1 saturated heterocycles. The fraction of sp³-hybridized carbons (Fsp3) is 0.357. The number of benzene rings is 1. The number of H-pyrrole nitrogens is 1. The number of halogens is 6. The van der Waals surface area contributed by atoms with Crippen LogP contribution in [0.4, 0.5) is 22.0 Å². The quantitative estimate of drug-likeness (QED) is 0.235. The molecule has 7 rings (SSSR count). The molecule has 0 bridgehead atoms. The Morgan fingerprint density at radius 1 is 1.11 bits per heavy atom. The summed E-state index contributed by atoms with van der Waals surface area (Å²) in [6.07, 6.45) is -1.96. The number of fused-ring (bicyclic) bond motifs is 2. The van der Waals surface area contributed by atoms with Crippen molar-refractivity contribution in [3.8, 4) is 17.3 Å². The Bertz CT molecular complexity index is 1860. The smallest absolute Gasteiger partial charge is 0.421 e. The summed E-state index contributed by atoms with van der Waals surface area (Å²) < 4.78 is 83.5. The molecule has 0 unspecified atom stereocenters. The van der Waals surface area contributed by atoms with Gasteiger partial charge < -0.3 is 14.0 Å². The molecule has 0 radical (unpaired) electrons. The molecule has 11 nitrogen and oxygen atoms in total. The van der Waals surface area contributed by atoms with Crippen LogP contribution < -0.4 is 4.74 Å². The monoisotopic (exact) mass is 647 g/mol. The third-order valence-electron chi connectivity index (χ3n) is 7.80. The van der Waals surface area contributed by atoms with E-state index in [0.717, 1.165) is 24.6 Å². The summed E-state index contributed by atoms with van der Waals surface area (Å²) in [4.78, 5) is 15.7. The van der Waals surface area contributed by atoms with Crippen molar-refractivity contribution < 1.29 is 31.4 Å². The van der Waals surface area contributed by atoms with E-state index in [2.05, 4.69) is 30.6 Å². The standard InChI is InChI=1S/C28H23ClF5N9O2/c29-16-7-20(30)18(21(31)8-16)13-45-27-19(28(32,33)34)5-14-1-3-42(11-23(14)37-27)12-24-36-22-6-15(25-38-40-41-39-25)9-35-26(22)43(24)10-17-2-4-44-17/h5-9,17H,1-4,10-13H2,(H,38,39,40,41)/t17-/m0/s1. The number of aromatic nitrogens is 8. The molecule has 0 aliphatic carbocycles. The summed E-state index contributed by atoms with van der Waals surface area (Å²) in [7, 11) is 0. The van der Waals surface area contributed by atoms with Gasteiger partial charge in [0.25, 0.3) is 0 Å². The highest BCUT2D eigenvalue weighted by Gasteiger charge is 2.37. The Labute approximate surface area is 256 Å². The third kappa shape index (κ3) is 5.92. The van der Waals surface area contributed by atoms with Gasteiger partial charge >= 0.3 is 6.18 Å². The number of hydrogen-bond donors (Lipinski definition) is 1. The first-order valence-electron chi connectivity index (χ1n) is 13.9. The van der Waals surface area contributed by atoms with Crippen LogP contribution in [0.1, 0.15) is 34.6 Å². The van der Waals surface area contributed by atoms with Crippen LogP contribution in [0.25, 0.3) is 22.6 Å². The molecule has 45 heavy (non-hydrogen) atoms. The zero-order valence-corrected chi connectivity index (χ0v) is 24.0. The first-order chi connectivity index (χ1) is 21.6. The highest BCUT2D eigenvalue weighted by molar-refractivity contribution is 6.30. The van der Waals surface area contributed by atoms with Gasteiger partial charge in [-0.25, -0.2) is 23.7 Å². The molecule has 0 spiro atoms. The normalized spacial score (nSPS) is 17.0. The van der Waals surface area contributed by atoms with Crippen LogP contribution in [0.2, 0.25) is 5.02 Å². The Balaban J connectivity index is 1.16. The van der Waals surface area contributed by atoms with E-state index in [1.807, 2.05) is 15.5 Å². The van der Waals surface area contributed by atoms with Gasteiger partial charge in [-0.1, -0.05) is 11.6 Å². The van der Waals surface area contributed by atoms with Gasteiger partial charge in [0, 0.05) is 36.5 Å². The molecule has 17 heteroatoms. The highest BCUT2D eigenvalue weighted by atomic mass is 35.5. The van der Waals surface area contributed by atoms with Crippen LogP contribution in [-0.2, 0) is 43.6 Å². The number of imidazole rings is 1. The van der Waals surface area contributed by atoms with E-state index in [1.165, 1.54) is 0 Å². The summed E-state index contributed by atoms with van der Waals surface area (Å²) in [5.41, 5.74) is 1.01. The van der Waals surface area contributed by atoms with Gasteiger partial charge in [0.05, 0.1) is 30.5 Å². The number of hydrogen-bond acceptors (Lipinski definition) is 9. The second kappa shape index (κ2) is 11.6. The largest absolute Gasteiger partial charge is 0.472 e. The molecule has 1 aromatic carbocycles. The van der Waals surface area contributed by atoms with Crippen molar-refractivity contribution in [2.75, 3.05) is 13.2 Å². The van der Waals surface area contributed by atoms with Crippen molar-refractivity contribution in [3.63, 3.8) is 0 Å². The van der Waals surface area contributed by atoms with E-state index in [0.29, 0.717) is 72.3 Å². The molecule has 1 fully saturated rings. The van der Waals surface area contributed by atoms with Crippen LogP contribution in [-0.4, -0.2) is 64.3 Å². The lowest BCUT2D eigenvalue weighted by Crippen LogP contribution is -2.34. The number of pyridine rings is 2. The molecule has 6 heterocycles.